The highest BCUT2D eigenvalue weighted by Crippen LogP contribution is 2.25. The largest absolute Gasteiger partial charge is 0.450 e. The van der Waals surface area contributed by atoms with Crippen molar-refractivity contribution in [2.24, 2.45) is 0 Å². The number of hydrogen-bond donors (Lipinski definition) is 1. The van der Waals surface area contributed by atoms with Crippen LogP contribution in [0.4, 0.5) is 4.39 Å². The van der Waals surface area contributed by atoms with E-state index in [0.29, 0.717) is 18.1 Å². The number of amides is 1. The normalized spacial score (nSPS) is 10.7. The molecule has 0 unspecified atom stereocenters. The van der Waals surface area contributed by atoms with Crippen LogP contribution >= 0.6 is 11.3 Å². The molecule has 32 heavy (non-hydrogen) atoms. The summed E-state index contributed by atoms with van der Waals surface area (Å²) in [7, 11) is 0. The smallest absolute Gasteiger partial charge is 0.378 e. The molecule has 0 saturated heterocycles. The molecule has 0 radical (unpaired) electrons. The van der Waals surface area contributed by atoms with E-state index in [2.05, 4.69) is 15.4 Å². The first-order chi connectivity index (χ1) is 15.5. The van der Waals surface area contributed by atoms with Crippen molar-refractivity contribution >= 4 is 23.2 Å². The zero-order chi connectivity index (χ0) is 22.5. The van der Waals surface area contributed by atoms with Crippen LogP contribution in [-0.2, 0) is 16.1 Å². The molecule has 1 N–H and O–H groups in total. The van der Waals surface area contributed by atoms with Crippen molar-refractivity contribution in [3.8, 4) is 16.4 Å². The number of rotatable bonds is 7. The molecule has 4 aromatic rings. The molecular weight excluding hydrogens is 431 g/mol. The van der Waals surface area contributed by atoms with Gasteiger partial charge in [-0.15, -0.1) is 16.4 Å². The van der Waals surface area contributed by atoms with Gasteiger partial charge in [0.1, 0.15) is 5.82 Å². The van der Waals surface area contributed by atoms with Gasteiger partial charge in [0, 0.05) is 6.54 Å². The number of esters is 1. The van der Waals surface area contributed by atoms with Crippen molar-refractivity contribution in [1.29, 1.82) is 0 Å². The van der Waals surface area contributed by atoms with Crippen LogP contribution in [0.25, 0.3) is 16.4 Å². The number of carbonyl (C=O) groups excluding carboxylic acids is 2. The Bertz CT molecular complexity index is 1240. The predicted octanol–water partition coefficient (Wildman–Crippen LogP) is 3.92. The molecule has 1 amide bonds. The molecule has 0 saturated carbocycles. The summed E-state index contributed by atoms with van der Waals surface area (Å²) in [4.78, 5) is 29.7. The van der Waals surface area contributed by atoms with Crippen molar-refractivity contribution in [1.82, 2.24) is 20.1 Å². The lowest BCUT2D eigenvalue weighted by Crippen LogP contribution is -2.28. The van der Waals surface area contributed by atoms with Crippen LogP contribution in [0, 0.1) is 12.7 Å². The van der Waals surface area contributed by atoms with Crippen LogP contribution in [-0.4, -0.2) is 33.2 Å². The van der Waals surface area contributed by atoms with Gasteiger partial charge in [0.2, 0.25) is 0 Å². The fraction of sp³-hybridized carbons (Fsp3) is 0.130. The third-order valence-electron chi connectivity index (χ3n) is 4.67. The SMILES string of the molecule is Cc1ccccc1CNC(=O)COC(=O)c1nc(-c2cccs2)n(-c2ccc(F)cc2)n1. The molecular formula is C23H19FN4O3S. The van der Waals surface area contributed by atoms with Crippen molar-refractivity contribution in [2.45, 2.75) is 13.5 Å². The van der Waals surface area contributed by atoms with Gasteiger partial charge < -0.3 is 10.1 Å². The Hall–Kier alpha value is -3.85. The van der Waals surface area contributed by atoms with E-state index in [0.717, 1.165) is 16.0 Å². The number of carbonyl (C=O) groups is 2. The molecule has 0 fully saturated rings. The zero-order valence-corrected chi connectivity index (χ0v) is 17.9. The second kappa shape index (κ2) is 9.52. The number of nitrogens with zero attached hydrogens (tertiary/aromatic N) is 3. The van der Waals surface area contributed by atoms with Gasteiger partial charge in [-0.1, -0.05) is 30.3 Å². The summed E-state index contributed by atoms with van der Waals surface area (Å²) in [6, 6.07) is 17.0. The second-order valence-electron chi connectivity index (χ2n) is 6.90. The zero-order valence-electron chi connectivity index (χ0n) is 17.1. The molecule has 2 aromatic heterocycles. The standard InChI is InChI=1S/C23H19FN4O3S/c1-15-5-2-3-6-16(15)13-25-20(29)14-31-23(30)21-26-22(19-7-4-12-32-19)28(27-21)18-10-8-17(24)9-11-18/h2-12H,13-14H2,1H3,(H,25,29). The van der Waals surface area contributed by atoms with Crippen LogP contribution in [0.5, 0.6) is 0 Å². The minimum Gasteiger partial charge on any atom is -0.450 e. The maximum atomic E-state index is 13.3. The number of thiophene rings is 1. The van der Waals surface area contributed by atoms with E-state index in [1.165, 1.54) is 40.3 Å². The van der Waals surface area contributed by atoms with Gasteiger partial charge >= 0.3 is 5.97 Å². The van der Waals surface area contributed by atoms with Crippen LogP contribution in [0.3, 0.4) is 0 Å². The molecule has 0 aliphatic heterocycles. The van der Waals surface area contributed by atoms with E-state index in [1.807, 2.05) is 48.7 Å². The first-order valence-electron chi connectivity index (χ1n) is 9.76. The third-order valence-corrected chi connectivity index (χ3v) is 5.54. The van der Waals surface area contributed by atoms with Gasteiger partial charge in [-0.3, -0.25) is 4.79 Å². The lowest BCUT2D eigenvalue weighted by molar-refractivity contribution is -0.124. The summed E-state index contributed by atoms with van der Waals surface area (Å²) >= 11 is 1.42. The van der Waals surface area contributed by atoms with E-state index < -0.39 is 18.5 Å². The number of hydrogen-bond acceptors (Lipinski definition) is 6. The Balaban J connectivity index is 1.45. The first-order valence-corrected chi connectivity index (χ1v) is 10.6. The minimum absolute atomic E-state index is 0.190. The van der Waals surface area contributed by atoms with Crippen molar-refractivity contribution < 1.29 is 18.7 Å². The summed E-state index contributed by atoms with van der Waals surface area (Å²) in [5, 5.41) is 8.82. The average molecular weight is 450 g/mol. The second-order valence-corrected chi connectivity index (χ2v) is 7.85. The quantitative estimate of drug-likeness (QED) is 0.432. The third kappa shape index (κ3) is 4.89. The van der Waals surface area contributed by atoms with E-state index >= 15 is 0 Å². The van der Waals surface area contributed by atoms with Crippen LogP contribution < -0.4 is 5.32 Å². The predicted molar refractivity (Wildman–Crippen MR) is 118 cm³/mol. The molecule has 7 nitrogen and oxygen atoms in total. The lowest BCUT2D eigenvalue weighted by Gasteiger charge is -2.07. The number of aryl methyl sites for hydroxylation is 1. The van der Waals surface area contributed by atoms with Gasteiger partial charge in [0.05, 0.1) is 10.6 Å². The van der Waals surface area contributed by atoms with Crippen LogP contribution in [0.15, 0.2) is 66.0 Å². The van der Waals surface area contributed by atoms with Crippen molar-refractivity contribution in [2.75, 3.05) is 6.61 Å². The summed E-state index contributed by atoms with van der Waals surface area (Å²) in [6.45, 7) is 1.84. The summed E-state index contributed by atoms with van der Waals surface area (Å²) in [5.41, 5.74) is 2.58. The van der Waals surface area contributed by atoms with Gasteiger partial charge in [0.15, 0.2) is 12.4 Å². The Morgan fingerprint density at radius 1 is 1.09 bits per heavy atom. The Kier molecular flexibility index (Phi) is 6.37. The van der Waals surface area contributed by atoms with Crippen LogP contribution in [0.2, 0.25) is 0 Å². The Morgan fingerprint density at radius 2 is 1.88 bits per heavy atom. The molecule has 0 spiro atoms. The molecule has 0 aliphatic carbocycles. The van der Waals surface area contributed by atoms with E-state index in [9.17, 15) is 14.0 Å². The summed E-state index contributed by atoms with van der Waals surface area (Å²) in [6.07, 6.45) is 0. The van der Waals surface area contributed by atoms with Gasteiger partial charge in [0.25, 0.3) is 11.7 Å². The molecule has 4 rings (SSSR count). The summed E-state index contributed by atoms with van der Waals surface area (Å²) in [5.74, 6) is -1.41. The highest BCUT2D eigenvalue weighted by Gasteiger charge is 2.21. The van der Waals surface area contributed by atoms with Gasteiger partial charge in [-0.25, -0.2) is 13.9 Å². The maximum absolute atomic E-state index is 13.3. The number of aromatic nitrogens is 3. The first kappa shape index (κ1) is 21.4. The fourth-order valence-electron chi connectivity index (χ4n) is 2.98. The number of halogens is 1. The molecule has 0 atom stereocenters. The van der Waals surface area contributed by atoms with Gasteiger partial charge in [-0.2, -0.15) is 4.98 Å². The van der Waals surface area contributed by atoms with E-state index in [4.69, 9.17) is 4.74 Å². The maximum Gasteiger partial charge on any atom is 0.378 e. The minimum atomic E-state index is -0.824. The number of nitrogens with one attached hydrogen (secondary N) is 1. The van der Waals surface area contributed by atoms with Gasteiger partial charge in [-0.05, 0) is 53.8 Å². The molecule has 2 aromatic carbocycles. The molecule has 9 heteroatoms. The molecule has 0 aliphatic rings. The lowest BCUT2D eigenvalue weighted by atomic mass is 10.1. The van der Waals surface area contributed by atoms with Crippen molar-refractivity contribution in [3.05, 3.63) is 88.8 Å². The monoisotopic (exact) mass is 450 g/mol. The molecule has 2 heterocycles. The number of benzene rings is 2. The van der Waals surface area contributed by atoms with E-state index in [1.54, 1.807) is 0 Å². The highest BCUT2D eigenvalue weighted by atomic mass is 32.1. The number of ether oxygens (including phenoxy) is 1. The van der Waals surface area contributed by atoms with Crippen LogP contribution in [0.1, 0.15) is 21.7 Å². The molecule has 162 valence electrons. The Morgan fingerprint density at radius 3 is 2.59 bits per heavy atom. The fourth-order valence-corrected chi connectivity index (χ4v) is 3.67. The molecule has 0 bridgehead atoms. The highest BCUT2D eigenvalue weighted by molar-refractivity contribution is 7.13. The summed E-state index contributed by atoms with van der Waals surface area (Å²) < 4.78 is 19.9. The topological polar surface area (TPSA) is 86.1 Å². The van der Waals surface area contributed by atoms with Crippen molar-refractivity contribution in [3.63, 3.8) is 0 Å². The Labute approximate surface area is 187 Å². The van der Waals surface area contributed by atoms with E-state index in [-0.39, 0.29) is 11.6 Å². The average Bonchev–Trinajstić information content (AvgIpc) is 3.47.